The SMILES string of the molecule is CNC(=O)CNC(=O)c1noc(C2CCCN2)n1. The lowest BCUT2D eigenvalue weighted by Crippen LogP contribution is -2.35. The van der Waals surface area contributed by atoms with Crippen LogP contribution in [0, 0.1) is 0 Å². The molecule has 0 radical (unpaired) electrons. The Bertz CT molecular complexity index is 438. The number of aromatic nitrogens is 2. The molecule has 1 aliphatic rings. The Morgan fingerprint density at radius 3 is 3.06 bits per heavy atom. The normalized spacial score (nSPS) is 18.6. The fourth-order valence-corrected chi connectivity index (χ4v) is 1.69. The minimum absolute atomic E-state index is 0.0259. The van der Waals surface area contributed by atoms with Gasteiger partial charge in [-0.3, -0.25) is 9.59 Å². The van der Waals surface area contributed by atoms with Gasteiger partial charge in [0.2, 0.25) is 11.8 Å². The van der Waals surface area contributed by atoms with Crippen molar-refractivity contribution < 1.29 is 14.1 Å². The molecule has 1 aromatic heterocycles. The van der Waals surface area contributed by atoms with Crippen LogP contribution >= 0.6 is 0 Å². The first-order chi connectivity index (χ1) is 8.70. The van der Waals surface area contributed by atoms with E-state index in [1.165, 1.54) is 7.05 Å². The maximum atomic E-state index is 11.6. The smallest absolute Gasteiger partial charge is 0.293 e. The molecule has 8 nitrogen and oxygen atoms in total. The zero-order valence-electron chi connectivity index (χ0n) is 10.0. The fourth-order valence-electron chi connectivity index (χ4n) is 1.69. The van der Waals surface area contributed by atoms with Crippen molar-refractivity contribution in [1.82, 2.24) is 26.1 Å². The number of carbonyl (C=O) groups is 2. The lowest BCUT2D eigenvalue weighted by molar-refractivity contribution is -0.119. The predicted molar refractivity (Wildman–Crippen MR) is 60.7 cm³/mol. The molecule has 2 amide bonds. The topological polar surface area (TPSA) is 109 Å². The molecule has 98 valence electrons. The number of nitrogens with zero attached hydrogens (tertiary/aromatic N) is 2. The first-order valence-corrected chi connectivity index (χ1v) is 5.76. The van der Waals surface area contributed by atoms with Gasteiger partial charge in [-0.2, -0.15) is 4.98 Å². The Morgan fingerprint density at radius 1 is 1.56 bits per heavy atom. The van der Waals surface area contributed by atoms with Gasteiger partial charge in [-0.25, -0.2) is 0 Å². The van der Waals surface area contributed by atoms with Crippen molar-refractivity contribution in [2.24, 2.45) is 0 Å². The number of likely N-dealkylation sites (N-methyl/N-ethyl adjacent to an activating group) is 1. The van der Waals surface area contributed by atoms with Gasteiger partial charge in [0.25, 0.3) is 11.7 Å². The summed E-state index contributed by atoms with van der Waals surface area (Å²) in [5.41, 5.74) is 0. The van der Waals surface area contributed by atoms with Crippen LogP contribution in [-0.2, 0) is 4.79 Å². The van der Waals surface area contributed by atoms with Gasteiger partial charge in [0.05, 0.1) is 12.6 Å². The van der Waals surface area contributed by atoms with Crippen LogP contribution in [0.15, 0.2) is 4.52 Å². The predicted octanol–water partition coefficient (Wildman–Crippen LogP) is -1.03. The summed E-state index contributed by atoms with van der Waals surface area (Å²) < 4.78 is 5.02. The van der Waals surface area contributed by atoms with Crippen molar-refractivity contribution in [2.45, 2.75) is 18.9 Å². The molecular formula is C10H15N5O3. The third-order valence-electron chi connectivity index (χ3n) is 2.69. The lowest BCUT2D eigenvalue weighted by atomic mass is 10.2. The van der Waals surface area contributed by atoms with Gasteiger partial charge in [0, 0.05) is 7.05 Å². The molecule has 0 spiro atoms. The quantitative estimate of drug-likeness (QED) is 0.633. The van der Waals surface area contributed by atoms with E-state index in [2.05, 4.69) is 26.1 Å². The van der Waals surface area contributed by atoms with E-state index in [1.54, 1.807) is 0 Å². The second-order valence-electron chi connectivity index (χ2n) is 3.96. The van der Waals surface area contributed by atoms with Crippen molar-refractivity contribution in [3.8, 4) is 0 Å². The average Bonchev–Trinajstić information content (AvgIpc) is 3.04. The Morgan fingerprint density at radius 2 is 2.39 bits per heavy atom. The van der Waals surface area contributed by atoms with E-state index in [-0.39, 0.29) is 24.3 Å². The van der Waals surface area contributed by atoms with Gasteiger partial charge in [-0.1, -0.05) is 5.16 Å². The molecule has 2 heterocycles. The maximum absolute atomic E-state index is 11.6. The Labute approximate surface area is 104 Å². The summed E-state index contributed by atoms with van der Waals surface area (Å²) >= 11 is 0. The minimum atomic E-state index is -0.522. The van der Waals surface area contributed by atoms with Gasteiger partial charge in [-0.15, -0.1) is 0 Å². The molecule has 0 aliphatic carbocycles. The highest BCUT2D eigenvalue weighted by Gasteiger charge is 2.24. The molecule has 0 aromatic carbocycles. The summed E-state index contributed by atoms with van der Waals surface area (Å²) in [6.07, 6.45) is 1.97. The standard InChI is InChI=1S/C10H15N5O3/c1-11-7(16)5-13-9(17)8-14-10(18-15-8)6-3-2-4-12-6/h6,12H,2-5H2,1H3,(H,11,16)(H,13,17). The van der Waals surface area contributed by atoms with Crippen LogP contribution in [0.25, 0.3) is 0 Å². The molecule has 1 saturated heterocycles. The first-order valence-electron chi connectivity index (χ1n) is 5.76. The summed E-state index contributed by atoms with van der Waals surface area (Å²) in [5, 5.41) is 11.6. The van der Waals surface area contributed by atoms with Crippen LogP contribution in [0.5, 0.6) is 0 Å². The van der Waals surface area contributed by atoms with Crippen molar-refractivity contribution in [3.63, 3.8) is 0 Å². The fraction of sp³-hybridized carbons (Fsp3) is 0.600. The summed E-state index contributed by atoms with van der Waals surface area (Å²) in [6.45, 7) is 0.798. The number of rotatable bonds is 4. The number of hydrogen-bond acceptors (Lipinski definition) is 6. The van der Waals surface area contributed by atoms with Crippen LogP contribution in [0.1, 0.15) is 35.4 Å². The van der Waals surface area contributed by atoms with Crippen molar-refractivity contribution in [2.75, 3.05) is 20.1 Å². The van der Waals surface area contributed by atoms with Gasteiger partial charge < -0.3 is 20.5 Å². The molecule has 18 heavy (non-hydrogen) atoms. The lowest BCUT2D eigenvalue weighted by Gasteiger charge is -2.01. The van der Waals surface area contributed by atoms with E-state index in [0.717, 1.165) is 19.4 Å². The van der Waals surface area contributed by atoms with Gasteiger partial charge >= 0.3 is 0 Å². The Balaban J connectivity index is 1.92. The molecule has 1 unspecified atom stereocenters. The van der Waals surface area contributed by atoms with E-state index in [9.17, 15) is 9.59 Å². The number of hydrogen-bond donors (Lipinski definition) is 3. The van der Waals surface area contributed by atoms with Crippen LogP contribution in [-0.4, -0.2) is 42.1 Å². The van der Waals surface area contributed by atoms with Crippen LogP contribution in [0.3, 0.4) is 0 Å². The monoisotopic (exact) mass is 253 g/mol. The number of carbonyl (C=O) groups excluding carboxylic acids is 2. The van der Waals surface area contributed by atoms with E-state index in [1.807, 2.05) is 0 Å². The van der Waals surface area contributed by atoms with Gasteiger partial charge in [0.1, 0.15) is 0 Å². The Hall–Kier alpha value is -1.96. The van der Waals surface area contributed by atoms with E-state index in [0.29, 0.717) is 5.89 Å². The molecule has 3 N–H and O–H groups in total. The van der Waals surface area contributed by atoms with E-state index >= 15 is 0 Å². The van der Waals surface area contributed by atoms with Crippen molar-refractivity contribution in [1.29, 1.82) is 0 Å². The minimum Gasteiger partial charge on any atom is -0.358 e. The molecule has 8 heteroatoms. The maximum Gasteiger partial charge on any atom is 0.293 e. The van der Waals surface area contributed by atoms with Gasteiger partial charge in [0.15, 0.2) is 0 Å². The molecule has 1 aromatic rings. The van der Waals surface area contributed by atoms with E-state index in [4.69, 9.17) is 4.52 Å². The molecule has 0 bridgehead atoms. The summed E-state index contributed by atoms with van der Waals surface area (Å²) in [4.78, 5) is 26.6. The molecule has 2 rings (SSSR count). The van der Waals surface area contributed by atoms with Crippen LogP contribution in [0.2, 0.25) is 0 Å². The average molecular weight is 253 g/mol. The molecule has 1 aliphatic heterocycles. The highest BCUT2D eigenvalue weighted by atomic mass is 16.5. The third kappa shape index (κ3) is 2.83. The van der Waals surface area contributed by atoms with Crippen molar-refractivity contribution in [3.05, 3.63) is 11.7 Å². The molecular weight excluding hydrogens is 238 g/mol. The Kier molecular flexibility index (Phi) is 3.88. The van der Waals surface area contributed by atoms with E-state index < -0.39 is 5.91 Å². The van der Waals surface area contributed by atoms with Gasteiger partial charge in [-0.05, 0) is 19.4 Å². The second-order valence-corrected chi connectivity index (χ2v) is 3.96. The zero-order chi connectivity index (χ0) is 13.0. The highest BCUT2D eigenvalue weighted by Crippen LogP contribution is 2.20. The number of nitrogens with one attached hydrogen (secondary N) is 3. The zero-order valence-corrected chi connectivity index (χ0v) is 10.0. The first kappa shape index (κ1) is 12.5. The number of amides is 2. The summed E-state index contributed by atoms with van der Waals surface area (Å²) in [7, 11) is 1.49. The highest BCUT2D eigenvalue weighted by molar-refractivity contribution is 5.93. The van der Waals surface area contributed by atoms with Crippen LogP contribution < -0.4 is 16.0 Å². The van der Waals surface area contributed by atoms with Crippen molar-refractivity contribution >= 4 is 11.8 Å². The van der Waals surface area contributed by atoms with Crippen LogP contribution in [0.4, 0.5) is 0 Å². The largest absolute Gasteiger partial charge is 0.358 e. The summed E-state index contributed by atoms with van der Waals surface area (Å²) in [5.74, 6) is -0.448. The molecule has 1 atom stereocenters. The summed E-state index contributed by atoms with van der Waals surface area (Å²) in [6, 6.07) is 0.0259. The molecule has 0 saturated carbocycles. The third-order valence-corrected chi connectivity index (χ3v) is 2.69. The molecule has 1 fully saturated rings. The second kappa shape index (κ2) is 5.58.